The van der Waals surface area contributed by atoms with E-state index in [2.05, 4.69) is 35.9 Å². The van der Waals surface area contributed by atoms with Crippen molar-refractivity contribution in [2.24, 2.45) is 0 Å². The van der Waals surface area contributed by atoms with Gasteiger partial charge in [0.25, 0.3) is 0 Å². The first kappa shape index (κ1) is 11.9. The number of nitrogens with two attached hydrogens (primary N) is 1. The van der Waals surface area contributed by atoms with Crippen molar-refractivity contribution in [1.29, 1.82) is 0 Å². The highest BCUT2D eigenvalue weighted by molar-refractivity contribution is 9.10. The first-order chi connectivity index (χ1) is 8.06. The summed E-state index contributed by atoms with van der Waals surface area (Å²) in [6.45, 7) is 4.02. The topological polar surface area (TPSA) is 77.6 Å². The van der Waals surface area contributed by atoms with Gasteiger partial charge >= 0.3 is 0 Å². The molecule has 0 spiro atoms. The number of hydrogen-bond donors (Lipinski definition) is 1. The fourth-order valence-corrected chi connectivity index (χ4v) is 1.52. The molecule has 88 valence electrons. The Balaban J connectivity index is 2.48. The molecule has 0 saturated heterocycles. The first-order valence-electron chi connectivity index (χ1n) is 5.19. The fourth-order valence-electron chi connectivity index (χ4n) is 1.29. The van der Waals surface area contributed by atoms with Gasteiger partial charge in [0.2, 0.25) is 5.95 Å². The van der Waals surface area contributed by atoms with Crippen LogP contribution >= 0.6 is 15.9 Å². The van der Waals surface area contributed by atoms with Crippen molar-refractivity contribution >= 4 is 21.9 Å². The molecule has 0 aliphatic rings. The Kier molecular flexibility index (Phi) is 3.33. The molecular weight excluding hydrogens is 282 g/mol. The summed E-state index contributed by atoms with van der Waals surface area (Å²) < 4.78 is 0.910. The SMILES string of the molecule is CC(C)c1nc(N)nc(-c2ccc(Br)cn2)n1. The number of nitrogens with zero attached hydrogens (tertiary/aromatic N) is 4. The zero-order valence-corrected chi connectivity index (χ0v) is 11.1. The van der Waals surface area contributed by atoms with Crippen molar-refractivity contribution in [3.05, 3.63) is 28.6 Å². The Morgan fingerprint density at radius 2 is 1.94 bits per heavy atom. The normalized spacial score (nSPS) is 10.8. The van der Waals surface area contributed by atoms with Gasteiger partial charge in [-0.2, -0.15) is 9.97 Å². The molecule has 0 bridgehead atoms. The summed E-state index contributed by atoms with van der Waals surface area (Å²) >= 11 is 3.33. The van der Waals surface area contributed by atoms with E-state index in [0.29, 0.717) is 17.3 Å². The van der Waals surface area contributed by atoms with E-state index in [4.69, 9.17) is 5.73 Å². The molecule has 2 aromatic rings. The van der Waals surface area contributed by atoms with Crippen LogP contribution in [0.4, 0.5) is 5.95 Å². The van der Waals surface area contributed by atoms with E-state index in [1.165, 1.54) is 0 Å². The van der Waals surface area contributed by atoms with Crippen LogP contribution in [0.1, 0.15) is 25.6 Å². The van der Waals surface area contributed by atoms with Gasteiger partial charge in [-0.15, -0.1) is 0 Å². The largest absolute Gasteiger partial charge is 0.368 e. The number of nitrogen functional groups attached to an aromatic ring is 1. The maximum Gasteiger partial charge on any atom is 0.223 e. The van der Waals surface area contributed by atoms with Crippen LogP contribution < -0.4 is 5.73 Å². The smallest absolute Gasteiger partial charge is 0.223 e. The van der Waals surface area contributed by atoms with Crippen LogP contribution in [0.25, 0.3) is 11.5 Å². The van der Waals surface area contributed by atoms with E-state index in [9.17, 15) is 0 Å². The Morgan fingerprint density at radius 1 is 1.18 bits per heavy atom. The predicted molar refractivity (Wildman–Crippen MR) is 69.3 cm³/mol. The minimum absolute atomic E-state index is 0.203. The van der Waals surface area contributed by atoms with Gasteiger partial charge in [0.1, 0.15) is 11.5 Å². The molecule has 0 unspecified atom stereocenters. The standard InChI is InChI=1S/C11H12BrN5/c1-6(2)9-15-10(17-11(13)16-9)8-4-3-7(12)5-14-8/h3-6H,1-2H3,(H2,13,15,16,17). The lowest BCUT2D eigenvalue weighted by Crippen LogP contribution is -2.06. The molecule has 2 aromatic heterocycles. The van der Waals surface area contributed by atoms with Crippen molar-refractivity contribution in [2.45, 2.75) is 19.8 Å². The summed E-state index contributed by atoms with van der Waals surface area (Å²) in [5, 5.41) is 0. The summed E-state index contributed by atoms with van der Waals surface area (Å²) in [4.78, 5) is 16.8. The molecule has 0 amide bonds. The Bertz CT molecular complexity index is 524. The molecule has 2 heterocycles. The van der Waals surface area contributed by atoms with Crippen LogP contribution in [0.3, 0.4) is 0 Å². The number of pyridine rings is 1. The van der Waals surface area contributed by atoms with Crippen molar-refractivity contribution in [2.75, 3.05) is 5.73 Å². The number of hydrogen-bond acceptors (Lipinski definition) is 5. The average Bonchev–Trinajstić information content (AvgIpc) is 2.29. The summed E-state index contributed by atoms with van der Waals surface area (Å²) in [6.07, 6.45) is 1.70. The maximum absolute atomic E-state index is 5.67. The molecule has 0 aliphatic carbocycles. The van der Waals surface area contributed by atoms with Gasteiger partial charge < -0.3 is 5.73 Å². The van der Waals surface area contributed by atoms with Gasteiger partial charge in [-0.25, -0.2) is 4.98 Å². The van der Waals surface area contributed by atoms with E-state index in [1.807, 2.05) is 26.0 Å². The molecule has 5 nitrogen and oxygen atoms in total. The first-order valence-corrected chi connectivity index (χ1v) is 5.99. The lowest BCUT2D eigenvalue weighted by Gasteiger charge is -2.06. The average molecular weight is 294 g/mol. The van der Waals surface area contributed by atoms with Crippen molar-refractivity contribution in [3.8, 4) is 11.5 Å². The molecular formula is C11H12BrN5. The highest BCUT2D eigenvalue weighted by Gasteiger charge is 2.10. The predicted octanol–water partition coefficient (Wildman–Crippen LogP) is 2.40. The van der Waals surface area contributed by atoms with Crippen LogP contribution in [0.2, 0.25) is 0 Å². The molecule has 0 aromatic carbocycles. The van der Waals surface area contributed by atoms with Crippen molar-refractivity contribution < 1.29 is 0 Å². The van der Waals surface area contributed by atoms with Gasteiger partial charge in [-0.1, -0.05) is 13.8 Å². The van der Waals surface area contributed by atoms with Gasteiger partial charge in [-0.3, -0.25) is 4.98 Å². The molecule has 17 heavy (non-hydrogen) atoms. The second-order valence-corrected chi connectivity index (χ2v) is 4.81. The Hall–Kier alpha value is -1.56. The van der Waals surface area contributed by atoms with E-state index >= 15 is 0 Å². The second kappa shape index (κ2) is 4.75. The third-order valence-electron chi connectivity index (χ3n) is 2.14. The summed E-state index contributed by atoms with van der Waals surface area (Å²) in [6, 6.07) is 3.72. The zero-order chi connectivity index (χ0) is 12.4. The quantitative estimate of drug-likeness (QED) is 0.920. The minimum atomic E-state index is 0.203. The Labute approximate surface area is 108 Å². The summed E-state index contributed by atoms with van der Waals surface area (Å²) in [5.74, 6) is 1.61. The van der Waals surface area contributed by atoms with Gasteiger partial charge in [0.05, 0.1) is 0 Å². The van der Waals surface area contributed by atoms with Gasteiger partial charge in [0, 0.05) is 16.6 Å². The molecule has 6 heteroatoms. The van der Waals surface area contributed by atoms with E-state index in [1.54, 1.807) is 6.20 Å². The van der Waals surface area contributed by atoms with Crippen molar-refractivity contribution in [3.63, 3.8) is 0 Å². The lowest BCUT2D eigenvalue weighted by atomic mass is 10.2. The maximum atomic E-state index is 5.67. The molecule has 2 rings (SSSR count). The summed E-state index contributed by atoms with van der Waals surface area (Å²) in [7, 11) is 0. The minimum Gasteiger partial charge on any atom is -0.368 e. The van der Waals surface area contributed by atoms with E-state index in [0.717, 1.165) is 4.47 Å². The van der Waals surface area contributed by atoms with Crippen LogP contribution in [-0.2, 0) is 0 Å². The molecule has 0 saturated carbocycles. The van der Waals surface area contributed by atoms with Gasteiger partial charge in [0.15, 0.2) is 5.82 Å². The molecule has 0 atom stereocenters. The monoisotopic (exact) mass is 293 g/mol. The van der Waals surface area contributed by atoms with Crippen molar-refractivity contribution in [1.82, 2.24) is 19.9 Å². The van der Waals surface area contributed by atoms with E-state index in [-0.39, 0.29) is 11.9 Å². The number of anilines is 1. The number of halogens is 1. The fraction of sp³-hybridized carbons (Fsp3) is 0.273. The number of rotatable bonds is 2. The highest BCUT2D eigenvalue weighted by atomic mass is 79.9. The lowest BCUT2D eigenvalue weighted by molar-refractivity contribution is 0.766. The molecule has 0 radical (unpaired) electrons. The highest BCUT2D eigenvalue weighted by Crippen LogP contribution is 2.18. The second-order valence-electron chi connectivity index (χ2n) is 3.89. The third-order valence-corrected chi connectivity index (χ3v) is 2.61. The molecule has 0 fully saturated rings. The van der Waals surface area contributed by atoms with Crippen LogP contribution in [0, 0.1) is 0 Å². The molecule has 2 N–H and O–H groups in total. The van der Waals surface area contributed by atoms with E-state index < -0.39 is 0 Å². The van der Waals surface area contributed by atoms with Crippen LogP contribution in [0.15, 0.2) is 22.8 Å². The zero-order valence-electron chi connectivity index (χ0n) is 9.55. The number of aromatic nitrogens is 4. The Morgan fingerprint density at radius 3 is 2.53 bits per heavy atom. The van der Waals surface area contributed by atoms with Gasteiger partial charge in [-0.05, 0) is 28.1 Å². The third kappa shape index (κ3) is 2.76. The summed E-state index contributed by atoms with van der Waals surface area (Å²) in [5.41, 5.74) is 6.35. The van der Waals surface area contributed by atoms with Crippen LogP contribution in [-0.4, -0.2) is 19.9 Å². The molecule has 0 aliphatic heterocycles. The van der Waals surface area contributed by atoms with Crippen LogP contribution in [0.5, 0.6) is 0 Å².